The molecule has 0 aliphatic carbocycles. The number of aliphatic hydroxyl groups is 1. The zero-order valence-electron chi connectivity index (χ0n) is 25.4. The van der Waals surface area contributed by atoms with Crippen LogP contribution >= 0.6 is 0 Å². The number of anilines is 1. The number of carbonyl (C=O) groups excluding carboxylic acids is 2. The second-order valence-corrected chi connectivity index (χ2v) is 11.9. The molecule has 2 aliphatic rings. The molecule has 0 spiro atoms. The number of aliphatic hydroxyl groups excluding tert-OH is 1. The number of H-pyrrole nitrogens is 1. The maximum absolute atomic E-state index is 13.4. The summed E-state index contributed by atoms with van der Waals surface area (Å²) in [6.45, 7) is 4.22. The number of carbonyl (C=O) groups is 2. The van der Waals surface area contributed by atoms with Gasteiger partial charge in [-0.25, -0.2) is 9.97 Å². The Morgan fingerprint density at radius 2 is 1.84 bits per heavy atom. The van der Waals surface area contributed by atoms with E-state index in [2.05, 4.69) is 35.8 Å². The van der Waals surface area contributed by atoms with Crippen LogP contribution in [0.5, 0.6) is 11.6 Å². The minimum Gasteiger partial charge on any atom is -0.497 e. The fraction of sp³-hybridized carbons (Fsp3) is 0.333. The second-order valence-electron chi connectivity index (χ2n) is 11.9. The molecule has 0 unspecified atom stereocenters. The largest absolute Gasteiger partial charge is 0.497 e. The number of aromatic hydroxyl groups is 1. The van der Waals surface area contributed by atoms with Crippen molar-refractivity contribution in [2.75, 3.05) is 39.1 Å². The highest BCUT2D eigenvalue weighted by Crippen LogP contribution is 2.36. The molecule has 3 aromatic heterocycles. The maximum Gasteiger partial charge on any atom is 0.261 e. The molecule has 2 amide bonds. The van der Waals surface area contributed by atoms with Crippen molar-refractivity contribution in [3.63, 3.8) is 0 Å². The van der Waals surface area contributed by atoms with Crippen LogP contribution in [-0.4, -0.2) is 97.3 Å². The number of pyridine rings is 1. The quantitative estimate of drug-likeness (QED) is 0.193. The van der Waals surface area contributed by atoms with Crippen LogP contribution in [0, 0.1) is 6.92 Å². The Morgan fingerprint density at radius 1 is 1.09 bits per heavy atom. The summed E-state index contributed by atoms with van der Waals surface area (Å²) < 4.78 is 7.40. The number of fused-ring (bicyclic) bond motifs is 3. The Morgan fingerprint density at radius 3 is 2.60 bits per heavy atom. The van der Waals surface area contributed by atoms with Crippen LogP contribution in [0.15, 0.2) is 48.7 Å². The number of likely N-dealkylation sites (tertiary alicyclic amines) is 1. The minimum absolute atomic E-state index is 0.115. The lowest BCUT2D eigenvalue weighted by Crippen LogP contribution is -2.46. The second kappa shape index (κ2) is 11.2. The lowest BCUT2D eigenvalue weighted by Gasteiger charge is -2.33. The molecule has 7 rings (SSSR count). The number of aromatic amines is 1. The molecule has 1 atom stereocenters. The van der Waals surface area contributed by atoms with Gasteiger partial charge in [0.05, 0.1) is 47.6 Å². The van der Waals surface area contributed by atoms with E-state index in [1.165, 1.54) is 11.1 Å². The normalized spacial score (nSPS) is 16.6. The number of nitrogens with one attached hydrogen (secondary N) is 2. The van der Waals surface area contributed by atoms with Gasteiger partial charge in [-0.15, -0.1) is 0 Å². The first-order chi connectivity index (χ1) is 21.7. The van der Waals surface area contributed by atoms with E-state index in [4.69, 9.17) is 4.74 Å². The van der Waals surface area contributed by atoms with Crippen molar-refractivity contribution in [1.29, 1.82) is 0 Å². The highest BCUT2D eigenvalue weighted by atomic mass is 16.5. The van der Waals surface area contributed by atoms with Crippen LogP contribution in [0.1, 0.15) is 39.3 Å². The first-order valence-corrected chi connectivity index (χ1v) is 15.1. The van der Waals surface area contributed by atoms with Gasteiger partial charge in [-0.2, -0.15) is 0 Å². The zero-order chi connectivity index (χ0) is 31.4. The van der Waals surface area contributed by atoms with E-state index in [0.29, 0.717) is 45.8 Å². The molecule has 0 saturated carbocycles. The van der Waals surface area contributed by atoms with Gasteiger partial charge >= 0.3 is 0 Å². The molecule has 2 aliphatic heterocycles. The molecule has 0 radical (unpaired) electrons. The van der Waals surface area contributed by atoms with Gasteiger partial charge in [-0.05, 0) is 82.4 Å². The number of rotatable bonds is 8. The number of ether oxygens (including phenoxy) is 1. The SMILES string of the molecule is COc1ccc2c(c1)cc(C)n2C[C@H](O)CNc1ccnc(O)c1-c1nc2cc3c(cc2[nH]1)C(=O)N(C1CCN(C)CC1)C3=O. The summed E-state index contributed by atoms with van der Waals surface area (Å²) in [7, 11) is 3.67. The number of nitrogens with zero attached hydrogens (tertiary/aromatic N) is 5. The minimum atomic E-state index is -0.757. The van der Waals surface area contributed by atoms with Crippen molar-refractivity contribution in [1.82, 2.24) is 29.3 Å². The number of amides is 2. The van der Waals surface area contributed by atoms with Crippen LogP contribution < -0.4 is 10.1 Å². The Bertz CT molecular complexity index is 1900. The fourth-order valence-electron chi connectivity index (χ4n) is 6.56. The van der Waals surface area contributed by atoms with Crippen LogP contribution in [0.25, 0.3) is 33.3 Å². The van der Waals surface area contributed by atoms with Crippen LogP contribution in [0.2, 0.25) is 0 Å². The number of piperidine rings is 1. The molecule has 12 heteroatoms. The highest BCUT2D eigenvalue weighted by Gasteiger charge is 2.41. The monoisotopic (exact) mass is 609 g/mol. The van der Waals surface area contributed by atoms with Crippen LogP contribution in [0.3, 0.4) is 0 Å². The van der Waals surface area contributed by atoms with Gasteiger partial charge in [0.2, 0.25) is 5.88 Å². The molecule has 5 heterocycles. The third-order valence-corrected chi connectivity index (χ3v) is 8.98. The standard InChI is InChI=1S/C33H35N7O5/c1-18-12-19-13-22(45-3)4-5-28(19)39(18)17-21(41)16-35-25-6-9-34-31(42)29(25)30-36-26-14-23-24(15-27(26)37-30)33(44)40(32(23)43)20-7-10-38(2)11-8-20/h4-6,9,12-15,20-21,41H,7-8,10-11,16-17H2,1-3H3,(H,36,37)(H2,34,35,42)/t21-/m1/s1. The smallest absolute Gasteiger partial charge is 0.261 e. The lowest BCUT2D eigenvalue weighted by atomic mass is 10.0. The average molecular weight is 610 g/mol. The first kappa shape index (κ1) is 28.8. The average Bonchev–Trinajstić information content (AvgIpc) is 3.66. The summed E-state index contributed by atoms with van der Waals surface area (Å²) in [5.41, 5.74) is 4.61. The predicted molar refractivity (Wildman–Crippen MR) is 170 cm³/mol. The van der Waals surface area contributed by atoms with Gasteiger partial charge in [0, 0.05) is 35.4 Å². The Labute approximate surface area is 259 Å². The molecule has 1 fully saturated rings. The van der Waals surface area contributed by atoms with Gasteiger partial charge in [0.25, 0.3) is 11.8 Å². The number of hydrogen-bond acceptors (Lipinski definition) is 9. The Kier molecular flexibility index (Phi) is 7.17. The van der Waals surface area contributed by atoms with E-state index in [1.807, 2.05) is 32.2 Å². The molecule has 0 bridgehead atoms. The third kappa shape index (κ3) is 5.05. The molecule has 5 aromatic rings. The number of hydrogen-bond donors (Lipinski definition) is 4. The van der Waals surface area contributed by atoms with E-state index in [9.17, 15) is 19.8 Å². The number of aromatic nitrogens is 4. The summed E-state index contributed by atoms with van der Waals surface area (Å²) in [4.78, 5) is 42.3. The lowest BCUT2D eigenvalue weighted by molar-refractivity contribution is 0.0516. The molecule has 232 valence electrons. The number of imidazole rings is 1. The summed E-state index contributed by atoms with van der Waals surface area (Å²) in [5.74, 6) is 0.275. The van der Waals surface area contributed by atoms with Crippen LogP contribution in [-0.2, 0) is 6.54 Å². The van der Waals surface area contributed by atoms with E-state index >= 15 is 0 Å². The van der Waals surface area contributed by atoms with E-state index in [-0.39, 0.29) is 30.3 Å². The van der Waals surface area contributed by atoms with Gasteiger partial charge < -0.3 is 34.7 Å². The van der Waals surface area contributed by atoms with Gasteiger partial charge in [-0.3, -0.25) is 14.5 Å². The van der Waals surface area contributed by atoms with Gasteiger partial charge in [-0.1, -0.05) is 0 Å². The molecular formula is C33H35N7O5. The molecular weight excluding hydrogens is 574 g/mol. The summed E-state index contributed by atoms with van der Waals surface area (Å²) >= 11 is 0. The predicted octanol–water partition coefficient (Wildman–Crippen LogP) is 3.77. The van der Waals surface area contributed by atoms with Crippen molar-refractivity contribution in [3.8, 4) is 23.0 Å². The van der Waals surface area contributed by atoms with Crippen molar-refractivity contribution in [2.24, 2.45) is 0 Å². The molecule has 1 saturated heterocycles. The molecule has 45 heavy (non-hydrogen) atoms. The zero-order valence-corrected chi connectivity index (χ0v) is 25.4. The van der Waals surface area contributed by atoms with Crippen molar-refractivity contribution in [3.05, 3.63) is 65.5 Å². The van der Waals surface area contributed by atoms with Crippen molar-refractivity contribution >= 4 is 39.4 Å². The Hall–Kier alpha value is -4.94. The highest BCUT2D eigenvalue weighted by molar-refractivity contribution is 6.23. The van der Waals surface area contributed by atoms with E-state index in [1.54, 1.807) is 25.3 Å². The van der Waals surface area contributed by atoms with Gasteiger partial charge in [0.1, 0.15) is 17.1 Å². The summed E-state index contributed by atoms with van der Waals surface area (Å²) in [5, 5.41) is 26.1. The number of aryl methyl sites for hydroxylation is 1. The molecule has 2 aromatic carbocycles. The van der Waals surface area contributed by atoms with Crippen molar-refractivity contribution < 1.29 is 24.5 Å². The topological polar surface area (TPSA) is 149 Å². The molecule has 12 nitrogen and oxygen atoms in total. The van der Waals surface area contributed by atoms with Gasteiger partial charge in [0.15, 0.2) is 0 Å². The van der Waals surface area contributed by atoms with Crippen LogP contribution in [0.4, 0.5) is 5.69 Å². The van der Waals surface area contributed by atoms with E-state index < -0.39 is 6.10 Å². The van der Waals surface area contributed by atoms with Crippen molar-refractivity contribution in [2.45, 2.75) is 38.5 Å². The van der Waals surface area contributed by atoms with E-state index in [0.717, 1.165) is 48.3 Å². The summed E-state index contributed by atoms with van der Waals surface area (Å²) in [6.07, 6.45) is 2.22. The summed E-state index contributed by atoms with van der Waals surface area (Å²) in [6, 6.07) is 12.8. The third-order valence-electron chi connectivity index (χ3n) is 8.98. The first-order valence-electron chi connectivity index (χ1n) is 15.1. The maximum atomic E-state index is 13.4. The number of benzene rings is 2. The number of imide groups is 1. The molecule has 4 N–H and O–H groups in total. The Balaban J connectivity index is 1.12. The fourth-order valence-corrected chi connectivity index (χ4v) is 6.56. The number of methoxy groups -OCH3 is 1.